The van der Waals surface area contributed by atoms with E-state index in [2.05, 4.69) is 15.4 Å². The van der Waals surface area contributed by atoms with E-state index in [0.29, 0.717) is 24.8 Å². The third-order valence-electron chi connectivity index (χ3n) is 7.40. The molecule has 0 saturated heterocycles. The second-order valence-corrected chi connectivity index (χ2v) is 10.9. The maximum Gasteiger partial charge on any atom is 0.305 e. The van der Waals surface area contributed by atoms with Crippen molar-refractivity contribution in [2.45, 2.75) is 77.4 Å². The monoisotopic (exact) mass is 647 g/mol. The molecule has 0 heterocycles. The van der Waals surface area contributed by atoms with E-state index in [4.69, 9.17) is 11.5 Å². The highest BCUT2D eigenvalue weighted by atomic mass is 35.5. The summed E-state index contributed by atoms with van der Waals surface area (Å²) in [7, 11) is 1.32. The molecule has 45 heavy (non-hydrogen) atoms. The first-order valence-electron chi connectivity index (χ1n) is 14.7. The highest BCUT2D eigenvalue weighted by molar-refractivity contribution is 5.93. The minimum Gasteiger partial charge on any atom is -0.508 e. The molecule has 0 aliphatic carbocycles. The number of primary amides is 1. The van der Waals surface area contributed by atoms with E-state index in [-0.39, 0.29) is 49.9 Å². The van der Waals surface area contributed by atoms with E-state index >= 15 is 0 Å². The molecular weight excluding hydrogens is 602 g/mol. The largest absolute Gasteiger partial charge is 0.508 e. The van der Waals surface area contributed by atoms with Gasteiger partial charge in [-0.15, -0.1) is 12.4 Å². The van der Waals surface area contributed by atoms with Gasteiger partial charge in [0.05, 0.1) is 19.7 Å². The molecule has 13 heteroatoms. The third kappa shape index (κ3) is 12.8. The van der Waals surface area contributed by atoms with Gasteiger partial charge in [-0.25, -0.2) is 0 Å². The van der Waals surface area contributed by atoms with Crippen LogP contribution in [0.3, 0.4) is 0 Å². The molecule has 0 radical (unpaired) electrons. The summed E-state index contributed by atoms with van der Waals surface area (Å²) < 4.78 is 4.66. The summed E-state index contributed by atoms with van der Waals surface area (Å²) in [5, 5.41) is 15.0. The fourth-order valence-electron chi connectivity index (χ4n) is 4.70. The summed E-state index contributed by atoms with van der Waals surface area (Å²) in [5.74, 6) is -2.52. The Bertz CT molecular complexity index is 1310. The summed E-state index contributed by atoms with van der Waals surface area (Å²) >= 11 is 0. The Labute approximate surface area is 270 Å². The van der Waals surface area contributed by atoms with Crippen LogP contribution in [0.15, 0.2) is 42.5 Å². The van der Waals surface area contributed by atoms with E-state index in [1.54, 1.807) is 26.0 Å². The number of hydrogen-bond acceptors (Lipinski definition) is 8. The number of halogens is 1. The molecule has 0 aliphatic rings. The van der Waals surface area contributed by atoms with Crippen LogP contribution < -0.4 is 22.1 Å². The number of amides is 4. The molecule has 248 valence electrons. The van der Waals surface area contributed by atoms with E-state index in [1.807, 2.05) is 30.3 Å². The minimum absolute atomic E-state index is 0. The number of nitrogens with zero attached hydrogens (tertiary/aromatic N) is 1. The number of esters is 1. The van der Waals surface area contributed by atoms with E-state index in [1.165, 1.54) is 18.9 Å². The minimum atomic E-state index is -0.993. The van der Waals surface area contributed by atoms with Crippen molar-refractivity contribution >= 4 is 42.0 Å². The molecule has 3 atom stereocenters. The van der Waals surface area contributed by atoms with Gasteiger partial charge in [-0.1, -0.05) is 42.8 Å². The maximum absolute atomic E-state index is 13.3. The smallest absolute Gasteiger partial charge is 0.305 e. The van der Waals surface area contributed by atoms with Gasteiger partial charge in [0, 0.05) is 19.4 Å². The Morgan fingerprint density at radius 1 is 0.956 bits per heavy atom. The Morgan fingerprint density at radius 2 is 1.62 bits per heavy atom. The number of nitrogens with two attached hydrogens (primary N) is 2. The van der Waals surface area contributed by atoms with Gasteiger partial charge in [-0.2, -0.15) is 0 Å². The predicted molar refractivity (Wildman–Crippen MR) is 172 cm³/mol. The number of carbonyl (C=O) groups excluding carboxylic acids is 5. The summed E-state index contributed by atoms with van der Waals surface area (Å²) in [6.07, 6.45) is 2.30. The first kappa shape index (κ1) is 38.9. The van der Waals surface area contributed by atoms with Crippen LogP contribution in [0.2, 0.25) is 0 Å². The summed E-state index contributed by atoms with van der Waals surface area (Å²) in [6.45, 7) is 4.80. The third-order valence-corrected chi connectivity index (χ3v) is 7.40. The van der Waals surface area contributed by atoms with E-state index in [0.717, 1.165) is 16.7 Å². The molecule has 0 aliphatic heterocycles. The van der Waals surface area contributed by atoms with Crippen molar-refractivity contribution in [2.75, 3.05) is 20.2 Å². The van der Waals surface area contributed by atoms with Crippen LogP contribution in [0.4, 0.5) is 0 Å². The van der Waals surface area contributed by atoms with Crippen molar-refractivity contribution in [3.05, 3.63) is 64.7 Å². The van der Waals surface area contributed by atoms with Crippen LogP contribution in [0.25, 0.3) is 0 Å². The normalized spacial score (nSPS) is 12.6. The molecule has 2 rings (SSSR count). The molecule has 2 aromatic carbocycles. The number of unbranched alkanes of at least 4 members (excludes halogenated alkanes) is 2. The topological polar surface area (TPSA) is 194 Å². The highest BCUT2D eigenvalue weighted by Crippen LogP contribution is 2.22. The zero-order chi connectivity index (χ0) is 32.8. The predicted octanol–water partition coefficient (Wildman–Crippen LogP) is 1.58. The van der Waals surface area contributed by atoms with Crippen LogP contribution in [0, 0.1) is 13.8 Å². The lowest BCUT2D eigenvalue weighted by Gasteiger charge is -2.30. The van der Waals surface area contributed by atoms with Crippen molar-refractivity contribution in [3.63, 3.8) is 0 Å². The van der Waals surface area contributed by atoms with Gasteiger partial charge in [0.15, 0.2) is 0 Å². The van der Waals surface area contributed by atoms with Crippen LogP contribution in [0.1, 0.15) is 54.9 Å². The first-order valence-corrected chi connectivity index (χ1v) is 14.7. The molecule has 7 N–H and O–H groups in total. The number of aromatic hydroxyl groups is 1. The number of rotatable bonds is 17. The molecule has 0 saturated carbocycles. The number of carbonyl (C=O) groups is 5. The van der Waals surface area contributed by atoms with Crippen LogP contribution >= 0.6 is 12.4 Å². The molecule has 4 amide bonds. The SMILES string of the molecule is COC(=O)CCCCCN(C(=O)CNC(=O)[C@@H](C)NC(=O)[C@@H](N)Cc1cc(C)c(O)cc1C)[C@@H](Cc1ccccc1)C(N)=O.Cl. The average molecular weight is 648 g/mol. The Kier molecular flexibility index (Phi) is 16.6. The fourth-order valence-corrected chi connectivity index (χ4v) is 4.70. The molecular formula is C32H46ClN5O7. The number of methoxy groups -OCH3 is 1. The highest BCUT2D eigenvalue weighted by Gasteiger charge is 2.29. The van der Waals surface area contributed by atoms with Crippen LogP contribution in [-0.4, -0.2) is 77.9 Å². The van der Waals surface area contributed by atoms with Crippen molar-refractivity contribution in [1.82, 2.24) is 15.5 Å². The van der Waals surface area contributed by atoms with Gasteiger partial charge in [0.25, 0.3) is 0 Å². The number of phenolic OH excluding ortho intramolecular Hbond substituents is 1. The standard InChI is InChI=1S/C32H45N5O7.ClH/c1-20-16-27(38)21(2)15-24(20)18-25(33)32(43)36-22(3)31(42)35-19-28(39)37(14-10-6-9-13-29(40)44-4)26(30(34)41)17-23-11-7-5-8-12-23;/h5,7-8,11-12,15-16,22,25-26,38H,6,9-10,13-14,17-19,33H2,1-4H3,(H2,34,41)(H,35,42)(H,36,43);1H/t22-,25+,26+;/m1./s1. The average Bonchev–Trinajstić information content (AvgIpc) is 2.99. The van der Waals surface area contributed by atoms with Crippen LogP contribution in [0.5, 0.6) is 5.75 Å². The van der Waals surface area contributed by atoms with E-state index < -0.39 is 48.3 Å². The zero-order valence-electron chi connectivity index (χ0n) is 26.3. The van der Waals surface area contributed by atoms with Crippen molar-refractivity contribution < 1.29 is 33.8 Å². The zero-order valence-corrected chi connectivity index (χ0v) is 27.2. The van der Waals surface area contributed by atoms with Gasteiger partial charge in [0.1, 0.15) is 17.8 Å². The Morgan fingerprint density at radius 3 is 2.24 bits per heavy atom. The number of benzene rings is 2. The van der Waals surface area contributed by atoms with Crippen molar-refractivity contribution in [3.8, 4) is 5.75 Å². The second kappa shape index (κ2) is 19.3. The lowest BCUT2D eigenvalue weighted by molar-refractivity contribution is -0.141. The number of aryl methyl sites for hydroxylation is 2. The second-order valence-electron chi connectivity index (χ2n) is 10.9. The molecule has 12 nitrogen and oxygen atoms in total. The van der Waals surface area contributed by atoms with Gasteiger partial charge in [-0.3, -0.25) is 24.0 Å². The van der Waals surface area contributed by atoms with Crippen LogP contribution in [-0.2, 0) is 41.6 Å². The summed E-state index contributed by atoms with van der Waals surface area (Å²) in [5.41, 5.74) is 14.9. The lowest BCUT2D eigenvalue weighted by atomic mass is 9.98. The number of hydrogen-bond donors (Lipinski definition) is 5. The molecule has 0 spiro atoms. The van der Waals surface area contributed by atoms with Crippen molar-refractivity contribution in [1.29, 1.82) is 0 Å². The van der Waals surface area contributed by atoms with E-state index in [9.17, 15) is 29.1 Å². The molecule has 0 fully saturated rings. The molecule has 0 bridgehead atoms. The molecule has 2 aromatic rings. The lowest BCUT2D eigenvalue weighted by Crippen LogP contribution is -2.54. The fraction of sp³-hybridized carbons (Fsp3) is 0.469. The number of phenols is 1. The first-order chi connectivity index (χ1) is 20.8. The van der Waals surface area contributed by atoms with Gasteiger partial charge < -0.3 is 36.8 Å². The molecule has 0 unspecified atom stereocenters. The Balaban J connectivity index is 0.0000101. The summed E-state index contributed by atoms with van der Waals surface area (Å²) in [6, 6.07) is 9.62. The maximum atomic E-state index is 13.3. The van der Waals surface area contributed by atoms with Crippen molar-refractivity contribution in [2.24, 2.45) is 11.5 Å². The van der Waals surface area contributed by atoms with Gasteiger partial charge in [-0.05, 0) is 68.4 Å². The molecule has 0 aromatic heterocycles. The Hall–Kier alpha value is -4.16. The van der Waals surface area contributed by atoms with Gasteiger partial charge >= 0.3 is 5.97 Å². The summed E-state index contributed by atoms with van der Waals surface area (Å²) in [4.78, 5) is 64.1. The quantitative estimate of drug-likeness (QED) is 0.126. The number of nitrogens with one attached hydrogen (secondary N) is 2. The number of ether oxygens (including phenoxy) is 1. The van der Waals surface area contributed by atoms with Gasteiger partial charge in [0.2, 0.25) is 23.6 Å².